The van der Waals surface area contributed by atoms with Crippen LogP contribution in [0.3, 0.4) is 0 Å². The molecule has 3 heterocycles. The van der Waals surface area contributed by atoms with Crippen molar-refractivity contribution in [3.63, 3.8) is 0 Å². The van der Waals surface area contributed by atoms with Crippen LogP contribution in [0.4, 0.5) is 4.79 Å². The van der Waals surface area contributed by atoms with Gasteiger partial charge in [0.2, 0.25) is 10.0 Å². The summed E-state index contributed by atoms with van der Waals surface area (Å²) in [4.78, 5) is 26.8. The third-order valence-electron chi connectivity index (χ3n) is 6.67. The number of benzene rings is 2. The van der Waals surface area contributed by atoms with Crippen LogP contribution >= 0.6 is 0 Å². The second-order valence-electron chi connectivity index (χ2n) is 9.09. The van der Waals surface area contributed by atoms with Crippen molar-refractivity contribution in [1.29, 1.82) is 0 Å². The highest BCUT2D eigenvalue weighted by atomic mass is 32.2. The molecule has 2 aromatic carbocycles. The van der Waals surface area contributed by atoms with Crippen molar-refractivity contribution in [3.05, 3.63) is 48.5 Å². The highest BCUT2D eigenvalue weighted by Crippen LogP contribution is 2.23. The number of rotatable bonds is 4. The number of amides is 2. The van der Waals surface area contributed by atoms with E-state index in [1.54, 1.807) is 18.2 Å². The number of nitrogens with one attached hydrogen (secondary N) is 2. The number of nitrogens with zero attached hydrogens (tertiary/aromatic N) is 4. The molecule has 0 radical (unpaired) electrons. The predicted molar refractivity (Wildman–Crippen MR) is 131 cm³/mol. The smallest absolute Gasteiger partial charge is 0.320 e. The van der Waals surface area contributed by atoms with Gasteiger partial charge in [-0.15, -0.1) is 0 Å². The molecule has 0 atom stereocenters. The van der Waals surface area contributed by atoms with Crippen LogP contribution in [0.15, 0.2) is 53.4 Å². The fraction of sp³-hybridized carbons (Fsp3) is 0.417. The summed E-state index contributed by atoms with van der Waals surface area (Å²) >= 11 is 0. The number of piperidine rings is 1. The number of fused-ring (bicyclic) bond motifs is 1. The minimum Gasteiger partial charge on any atom is -0.338 e. The van der Waals surface area contributed by atoms with Crippen molar-refractivity contribution >= 4 is 27.1 Å². The Morgan fingerprint density at radius 1 is 0.971 bits per heavy atom. The monoisotopic (exact) mass is 482 g/mol. The summed E-state index contributed by atoms with van der Waals surface area (Å²) in [6, 6.07) is 14.5. The number of carbonyl (C=O) groups excluding carboxylic acids is 1. The first-order valence-electron chi connectivity index (χ1n) is 11.7. The number of urea groups is 1. The second-order valence-corrected chi connectivity index (χ2v) is 10.8. The maximum Gasteiger partial charge on any atom is 0.320 e. The molecule has 0 saturated carbocycles. The summed E-state index contributed by atoms with van der Waals surface area (Å²) in [6.07, 6.45) is 1.20. The quantitative estimate of drug-likeness (QED) is 0.594. The Morgan fingerprint density at radius 3 is 2.35 bits per heavy atom. The Bertz CT molecular complexity index is 1260. The first-order chi connectivity index (χ1) is 16.4. The number of carbonyl (C=O) groups is 1. The molecule has 2 aliphatic heterocycles. The lowest BCUT2D eigenvalue weighted by Gasteiger charge is -2.39. The van der Waals surface area contributed by atoms with E-state index in [9.17, 15) is 13.2 Å². The fourth-order valence-corrected chi connectivity index (χ4v) is 5.89. The number of imidazole rings is 1. The van der Waals surface area contributed by atoms with Gasteiger partial charge in [0.05, 0.1) is 15.9 Å². The highest BCUT2D eigenvalue weighted by Gasteiger charge is 2.30. The second kappa shape index (κ2) is 9.36. The third kappa shape index (κ3) is 4.79. The maximum atomic E-state index is 13.1. The average molecular weight is 483 g/mol. The molecule has 0 unspecified atom stereocenters. The molecule has 0 spiro atoms. The van der Waals surface area contributed by atoms with Gasteiger partial charge in [0.15, 0.2) is 0 Å². The van der Waals surface area contributed by atoms with Crippen LogP contribution in [0.5, 0.6) is 0 Å². The molecule has 0 aliphatic carbocycles. The fourth-order valence-electron chi connectivity index (χ4n) is 4.56. The van der Waals surface area contributed by atoms with E-state index in [1.807, 2.05) is 40.1 Å². The van der Waals surface area contributed by atoms with Gasteiger partial charge < -0.3 is 19.7 Å². The third-order valence-corrected chi connectivity index (χ3v) is 8.19. The zero-order chi connectivity index (χ0) is 23.7. The van der Waals surface area contributed by atoms with Crippen LogP contribution in [-0.2, 0) is 10.0 Å². The number of likely N-dealkylation sites (tertiary alicyclic amines) is 1. The number of H-pyrrole nitrogens is 1. The van der Waals surface area contributed by atoms with Gasteiger partial charge in [-0.2, -0.15) is 0 Å². The van der Waals surface area contributed by atoms with Crippen LogP contribution in [0.2, 0.25) is 0 Å². The van der Waals surface area contributed by atoms with Crippen molar-refractivity contribution < 1.29 is 13.2 Å². The summed E-state index contributed by atoms with van der Waals surface area (Å²) in [6.45, 7) is 4.36. The Balaban J connectivity index is 1.22. The van der Waals surface area contributed by atoms with Gasteiger partial charge in [0.25, 0.3) is 0 Å². The molecule has 2 fully saturated rings. The van der Waals surface area contributed by atoms with E-state index in [0.29, 0.717) is 42.8 Å². The first-order valence-corrected chi connectivity index (χ1v) is 13.2. The molecule has 180 valence electrons. The molecule has 2 N–H and O–H groups in total. The maximum absolute atomic E-state index is 13.1. The number of sulfonamides is 1. The normalized spacial score (nSPS) is 18.5. The largest absolute Gasteiger partial charge is 0.338 e. The lowest BCUT2D eigenvalue weighted by molar-refractivity contribution is 0.113. The average Bonchev–Trinajstić information content (AvgIpc) is 3.29. The number of piperazine rings is 1. The van der Waals surface area contributed by atoms with Crippen molar-refractivity contribution in [2.45, 2.75) is 23.8 Å². The van der Waals surface area contributed by atoms with E-state index in [4.69, 9.17) is 0 Å². The highest BCUT2D eigenvalue weighted by molar-refractivity contribution is 7.89. The molecular formula is C24H30N6O3S. The molecule has 2 aliphatic rings. The number of likely N-dealkylation sites (N-methyl/N-ethyl adjacent to an activating group) is 1. The summed E-state index contributed by atoms with van der Waals surface area (Å²) < 4.78 is 29.0. The Hall–Kier alpha value is -2.95. The van der Waals surface area contributed by atoms with E-state index in [1.165, 1.54) is 0 Å². The molecular weight excluding hydrogens is 452 g/mol. The predicted octanol–water partition coefficient (Wildman–Crippen LogP) is 2.34. The topological polar surface area (TPSA) is 102 Å². The Morgan fingerprint density at radius 2 is 1.65 bits per heavy atom. The minimum atomic E-state index is -3.69. The number of aromatic amines is 1. The summed E-state index contributed by atoms with van der Waals surface area (Å²) in [5.41, 5.74) is 2.34. The van der Waals surface area contributed by atoms with Gasteiger partial charge in [-0.1, -0.05) is 30.3 Å². The van der Waals surface area contributed by atoms with Crippen molar-refractivity contribution in [3.8, 4) is 11.4 Å². The number of hydrogen-bond acceptors (Lipinski definition) is 5. The first kappa shape index (κ1) is 22.8. The molecule has 5 rings (SSSR count). The van der Waals surface area contributed by atoms with Crippen molar-refractivity contribution in [2.24, 2.45) is 0 Å². The Labute approximate surface area is 199 Å². The minimum absolute atomic E-state index is 0.0633. The van der Waals surface area contributed by atoms with Gasteiger partial charge in [0, 0.05) is 50.9 Å². The van der Waals surface area contributed by atoms with Gasteiger partial charge in [0.1, 0.15) is 5.82 Å². The summed E-state index contributed by atoms with van der Waals surface area (Å²) in [5.74, 6) is 0.704. The van der Waals surface area contributed by atoms with Gasteiger partial charge in [-0.3, -0.25) is 0 Å². The number of hydrogen-bond donors (Lipinski definition) is 2. The molecule has 2 saturated heterocycles. The molecule has 10 heteroatoms. The van der Waals surface area contributed by atoms with E-state index < -0.39 is 10.0 Å². The van der Waals surface area contributed by atoms with Crippen LogP contribution in [0, 0.1) is 0 Å². The molecule has 2 amide bonds. The van der Waals surface area contributed by atoms with E-state index in [-0.39, 0.29) is 17.0 Å². The molecule has 1 aromatic heterocycles. The van der Waals surface area contributed by atoms with Crippen LogP contribution in [0.25, 0.3) is 22.4 Å². The standard InChI is InChI=1S/C24H30N6O3S/c1-28-13-15-30(16-14-28)24(31)29-11-9-19(10-12-29)27-34(32,33)20-7-8-21-22(17-20)26-23(25-21)18-5-3-2-4-6-18/h2-8,17,19,27H,9-16H2,1H3,(H,25,26). The van der Waals surface area contributed by atoms with Crippen LogP contribution < -0.4 is 4.72 Å². The van der Waals surface area contributed by atoms with Crippen molar-refractivity contribution in [1.82, 2.24) is 29.4 Å². The van der Waals surface area contributed by atoms with E-state index in [0.717, 1.165) is 31.7 Å². The Kier molecular flexibility index (Phi) is 6.28. The summed E-state index contributed by atoms with van der Waals surface area (Å²) in [7, 11) is -1.63. The van der Waals surface area contributed by atoms with Crippen LogP contribution in [0.1, 0.15) is 12.8 Å². The van der Waals surface area contributed by atoms with E-state index in [2.05, 4.69) is 26.6 Å². The van der Waals surface area contributed by atoms with E-state index >= 15 is 0 Å². The zero-order valence-corrected chi connectivity index (χ0v) is 20.1. The molecule has 34 heavy (non-hydrogen) atoms. The number of aromatic nitrogens is 2. The van der Waals surface area contributed by atoms with Gasteiger partial charge >= 0.3 is 6.03 Å². The lowest BCUT2D eigenvalue weighted by Crippen LogP contribution is -2.54. The zero-order valence-electron chi connectivity index (χ0n) is 19.3. The van der Waals surface area contributed by atoms with Gasteiger partial charge in [-0.05, 0) is 38.1 Å². The SMILES string of the molecule is CN1CCN(C(=O)N2CCC(NS(=O)(=O)c3ccc4nc(-c5ccccc5)[nH]c4c3)CC2)CC1. The molecule has 9 nitrogen and oxygen atoms in total. The lowest BCUT2D eigenvalue weighted by atomic mass is 10.1. The molecule has 0 bridgehead atoms. The van der Waals surface area contributed by atoms with Crippen molar-refractivity contribution in [2.75, 3.05) is 46.3 Å². The van der Waals surface area contributed by atoms with Gasteiger partial charge in [-0.25, -0.2) is 22.9 Å². The summed E-state index contributed by atoms with van der Waals surface area (Å²) in [5, 5.41) is 0. The molecule has 3 aromatic rings. The van der Waals surface area contributed by atoms with Crippen LogP contribution in [-0.4, -0.2) is 91.5 Å².